The predicted octanol–water partition coefficient (Wildman–Crippen LogP) is 6.33. The Morgan fingerprint density at radius 3 is 2.24 bits per heavy atom. The third-order valence-corrected chi connectivity index (χ3v) is 4.49. The molecule has 8 nitrogen and oxygen atoms in total. The van der Waals surface area contributed by atoms with Gasteiger partial charge in [-0.15, -0.1) is 0 Å². The van der Waals surface area contributed by atoms with Gasteiger partial charge in [-0.05, 0) is 65.5 Å². The number of hydrogen-bond donors (Lipinski definition) is 3. The molecular weight excluding hydrogens is 422 g/mol. The number of anilines is 2. The lowest BCUT2D eigenvalue weighted by Crippen LogP contribution is -2.50. The molecule has 0 bridgehead atoms. The van der Waals surface area contributed by atoms with Gasteiger partial charge in [0.05, 0.1) is 0 Å². The van der Waals surface area contributed by atoms with Crippen LogP contribution in [0.5, 0.6) is 5.75 Å². The van der Waals surface area contributed by atoms with Crippen molar-refractivity contribution in [1.82, 2.24) is 5.43 Å². The number of amides is 2. The largest absolute Gasteiger partial charge is 0.506 e. The van der Waals surface area contributed by atoms with E-state index in [-0.39, 0.29) is 11.4 Å². The van der Waals surface area contributed by atoms with Crippen LogP contribution in [-0.4, -0.2) is 35.0 Å². The summed E-state index contributed by atoms with van der Waals surface area (Å²) in [5.41, 5.74) is 1.68. The van der Waals surface area contributed by atoms with E-state index in [0.29, 0.717) is 5.39 Å². The van der Waals surface area contributed by atoms with E-state index in [1.807, 2.05) is 18.2 Å². The smallest absolute Gasteiger partial charge is 0.434 e. The maximum Gasteiger partial charge on any atom is 0.434 e. The number of ether oxygens (including phenoxy) is 2. The lowest BCUT2D eigenvalue weighted by Gasteiger charge is -2.30. The zero-order valence-corrected chi connectivity index (χ0v) is 20.7. The van der Waals surface area contributed by atoms with Gasteiger partial charge in [0.15, 0.2) is 0 Å². The molecule has 0 aliphatic rings. The number of phenols is 1. The Morgan fingerprint density at radius 1 is 0.970 bits per heavy atom. The van der Waals surface area contributed by atoms with Gasteiger partial charge in [0, 0.05) is 17.6 Å². The van der Waals surface area contributed by atoms with Crippen LogP contribution in [0.1, 0.15) is 67.7 Å². The number of fused-ring (bicyclic) bond motifs is 1. The van der Waals surface area contributed by atoms with Crippen LogP contribution >= 0.6 is 0 Å². The molecule has 8 heteroatoms. The molecule has 2 aromatic rings. The van der Waals surface area contributed by atoms with Gasteiger partial charge in [0.2, 0.25) is 0 Å². The standard InChI is InChI=1S/C25H37N3O5/c1-8-9-10-16-26-18-13-11-12-17-14-15-19(29)21(20(17)18)28(23(31)33-25(5,6)7)27-22(30)32-24(2,3)4/h11-15,26,29H,8-10,16H2,1-7H3,(H,27,30). The van der Waals surface area contributed by atoms with Gasteiger partial charge in [-0.25, -0.2) is 15.0 Å². The molecule has 2 aromatic carbocycles. The number of hydrazine groups is 1. The van der Waals surface area contributed by atoms with E-state index < -0.39 is 23.4 Å². The lowest BCUT2D eigenvalue weighted by atomic mass is 10.1. The fraction of sp³-hybridized carbons (Fsp3) is 0.520. The van der Waals surface area contributed by atoms with Gasteiger partial charge in [-0.1, -0.05) is 38.0 Å². The summed E-state index contributed by atoms with van der Waals surface area (Å²) in [6.07, 6.45) is 1.46. The maximum absolute atomic E-state index is 13.2. The summed E-state index contributed by atoms with van der Waals surface area (Å²) in [6, 6.07) is 8.87. The van der Waals surface area contributed by atoms with Crippen LogP contribution in [0.25, 0.3) is 10.8 Å². The van der Waals surface area contributed by atoms with E-state index in [1.54, 1.807) is 47.6 Å². The topological polar surface area (TPSA) is 100 Å². The van der Waals surface area contributed by atoms with Gasteiger partial charge in [0.25, 0.3) is 0 Å². The Hall–Kier alpha value is -3.16. The maximum atomic E-state index is 13.2. The summed E-state index contributed by atoms with van der Waals surface area (Å²) in [4.78, 5) is 25.8. The summed E-state index contributed by atoms with van der Waals surface area (Å²) in [6.45, 7) is 13.2. The third-order valence-electron chi connectivity index (χ3n) is 4.49. The Bertz CT molecular complexity index is 976. The van der Waals surface area contributed by atoms with Crippen molar-refractivity contribution in [1.29, 1.82) is 0 Å². The Kier molecular flexibility index (Phi) is 8.41. The molecule has 0 unspecified atom stereocenters. The number of nitrogens with one attached hydrogen (secondary N) is 2. The number of rotatable bonds is 6. The Labute approximate surface area is 196 Å². The monoisotopic (exact) mass is 459 g/mol. The highest BCUT2D eigenvalue weighted by Crippen LogP contribution is 2.40. The van der Waals surface area contributed by atoms with Crippen molar-refractivity contribution in [2.24, 2.45) is 0 Å². The number of hydrogen-bond acceptors (Lipinski definition) is 6. The molecule has 0 saturated heterocycles. The van der Waals surface area contributed by atoms with Crippen LogP contribution in [0.15, 0.2) is 30.3 Å². The second-order valence-corrected chi connectivity index (χ2v) is 9.90. The van der Waals surface area contributed by atoms with Crippen molar-refractivity contribution in [3.63, 3.8) is 0 Å². The van der Waals surface area contributed by atoms with Crippen molar-refractivity contribution < 1.29 is 24.2 Å². The van der Waals surface area contributed by atoms with E-state index >= 15 is 0 Å². The second kappa shape index (κ2) is 10.6. The van der Waals surface area contributed by atoms with E-state index in [9.17, 15) is 14.7 Å². The van der Waals surface area contributed by atoms with Gasteiger partial charge < -0.3 is 19.9 Å². The first kappa shape index (κ1) is 26.1. The molecule has 0 aliphatic heterocycles. The molecule has 0 spiro atoms. The first-order chi connectivity index (χ1) is 15.3. The second-order valence-electron chi connectivity index (χ2n) is 9.90. The molecule has 0 heterocycles. The third kappa shape index (κ3) is 7.73. The molecule has 2 amide bonds. The molecule has 33 heavy (non-hydrogen) atoms. The molecule has 0 atom stereocenters. The number of unbranched alkanes of at least 4 members (excludes halogenated alkanes) is 2. The van der Waals surface area contributed by atoms with Crippen LogP contribution in [0, 0.1) is 0 Å². The van der Waals surface area contributed by atoms with Gasteiger partial charge in [-0.2, -0.15) is 5.01 Å². The average molecular weight is 460 g/mol. The van der Waals surface area contributed by atoms with Crippen molar-refractivity contribution in [3.05, 3.63) is 30.3 Å². The van der Waals surface area contributed by atoms with Crippen LogP contribution in [0.2, 0.25) is 0 Å². The minimum Gasteiger partial charge on any atom is -0.506 e. The van der Waals surface area contributed by atoms with E-state index in [0.717, 1.165) is 41.9 Å². The zero-order valence-electron chi connectivity index (χ0n) is 20.7. The first-order valence-electron chi connectivity index (χ1n) is 11.3. The normalized spacial score (nSPS) is 11.7. The highest BCUT2D eigenvalue weighted by molar-refractivity contribution is 6.10. The van der Waals surface area contributed by atoms with E-state index in [2.05, 4.69) is 17.7 Å². The predicted molar refractivity (Wildman–Crippen MR) is 132 cm³/mol. The van der Waals surface area contributed by atoms with Crippen LogP contribution in [-0.2, 0) is 9.47 Å². The number of carbonyl (C=O) groups excluding carboxylic acids is 2. The molecule has 0 aromatic heterocycles. The molecule has 0 saturated carbocycles. The lowest BCUT2D eigenvalue weighted by molar-refractivity contribution is 0.0425. The van der Waals surface area contributed by atoms with Crippen LogP contribution < -0.4 is 15.8 Å². The molecule has 0 aliphatic carbocycles. The van der Waals surface area contributed by atoms with Crippen LogP contribution in [0.4, 0.5) is 21.0 Å². The van der Waals surface area contributed by atoms with Gasteiger partial charge in [-0.3, -0.25) is 0 Å². The number of aromatic hydroxyl groups is 1. The van der Waals surface area contributed by atoms with E-state index in [1.165, 1.54) is 6.07 Å². The molecular formula is C25H37N3O5. The summed E-state index contributed by atoms with van der Waals surface area (Å²) >= 11 is 0. The number of carbonyl (C=O) groups is 2. The molecule has 0 fully saturated rings. The summed E-state index contributed by atoms with van der Waals surface area (Å²) < 4.78 is 10.9. The summed E-state index contributed by atoms with van der Waals surface area (Å²) in [5, 5.41) is 16.5. The average Bonchev–Trinajstić information content (AvgIpc) is 2.67. The van der Waals surface area contributed by atoms with Gasteiger partial charge in [0.1, 0.15) is 22.6 Å². The van der Waals surface area contributed by atoms with Crippen LogP contribution in [0.3, 0.4) is 0 Å². The summed E-state index contributed by atoms with van der Waals surface area (Å²) in [7, 11) is 0. The van der Waals surface area contributed by atoms with Gasteiger partial charge >= 0.3 is 12.2 Å². The summed E-state index contributed by atoms with van der Waals surface area (Å²) in [5.74, 6) is -0.188. The molecule has 0 radical (unpaired) electrons. The number of nitrogens with zero attached hydrogens (tertiary/aromatic N) is 1. The molecule has 2 rings (SSSR count). The van der Waals surface area contributed by atoms with E-state index in [4.69, 9.17) is 9.47 Å². The fourth-order valence-electron chi connectivity index (χ4n) is 3.21. The SMILES string of the molecule is CCCCCNc1cccc2ccc(O)c(N(NC(=O)OC(C)(C)C)C(=O)OC(C)(C)C)c12. The Balaban J connectivity index is 2.58. The molecule has 3 N–H and O–H groups in total. The highest BCUT2D eigenvalue weighted by atomic mass is 16.6. The number of phenolic OH excluding ortho intramolecular Hbond substituents is 1. The Morgan fingerprint density at radius 2 is 1.64 bits per heavy atom. The number of benzene rings is 2. The van der Waals surface area contributed by atoms with Crippen molar-refractivity contribution in [3.8, 4) is 5.75 Å². The first-order valence-corrected chi connectivity index (χ1v) is 11.3. The van der Waals surface area contributed by atoms with Crippen molar-refractivity contribution in [2.45, 2.75) is 78.9 Å². The van der Waals surface area contributed by atoms with Crippen molar-refractivity contribution in [2.75, 3.05) is 16.9 Å². The highest BCUT2D eigenvalue weighted by Gasteiger charge is 2.31. The molecule has 182 valence electrons. The quantitative estimate of drug-likeness (QED) is 0.345. The fourth-order valence-corrected chi connectivity index (χ4v) is 3.21. The van der Waals surface area contributed by atoms with Crippen molar-refractivity contribution >= 4 is 34.3 Å². The minimum absolute atomic E-state index is 0.103. The minimum atomic E-state index is -0.850. The zero-order chi connectivity index (χ0) is 24.8.